The summed E-state index contributed by atoms with van der Waals surface area (Å²) in [6.45, 7) is 2.85. The fraction of sp³-hybridized carbons (Fsp3) is 0.304. The number of aliphatic hydroxyl groups is 1. The van der Waals surface area contributed by atoms with Gasteiger partial charge in [0.05, 0.1) is 29.0 Å². The van der Waals surface area contributed by atoms with E-state index in [2.05, 4.69) is 0 Å². The summed E-state index contributed by atoms with van der Waals surface area (Å²) in [5.74, 6) is -1.21. The Balaban J connectivity index is 1.79. The lowest BCUT2D eigenvalue weighted by atomic mass is 9.86. The first-order chi connectivity index (χ1) is 15.2. The number of benzene rings is 1. The lowest BCUT2D eigenvalue weighted by Gasteiger charge is -2.31. The maximum atomic E-state index is 13.3. The van der Waals surface area contributed by atoms with E-state index in [1.807, 2.05) is 0 Å². The Morgan fingerprint density at radius 1 is 1.28 bits per heavy atom. The summed E-state index contributed by atoms with van der Waals surface area (Å²) in [7, 11) is 0. The predicted octanol–water partition coefficient (Wildman–Crippen LogP) is 1.85. The second-order valence-corrected chi connectivity index (χ2v) is 8.00. The predicted molar refractivity (Wildman–Crippen MR) is 112 cm³/mol. The van der Waals surface area contributed by atoms with Crippen LogP contribution in [0, 0.1) is 0 Å². The van der Waals surface area contributed by atoms with Crippen LogP contribution >= 0.6 is 0 Å². The fourth-order valence-electron chi connectivity index (χ4n) is 4.49. The lowest BCUT2D eigenvalue weighted by Crippen LogP contribution is -2.44. The van der Waals surface area contributed by atoms with Gasteiger partial charge >= 0.3 is 11.9 Å². The minimum absolute atomic E-state index is 0.0372. The largest absolute Gasteiger partial charge is 0.508 e. The van der Waals surface area contributed by atoms with Crippen LogP contribution in [-0.2, 0) is 44.4 Å². The van der Waals surface area contributed by atoms with Crippen LogP contribution in [0.25, 0.3) is 22.3 Å². The van der Waals surface area contributed by atoms with E-state index in [1.54, 1.807) is 25.1 Å². The number of carbonyl (C=O) groups excluding carboxylic acids is 2. The number of carbonyl (C=O) groups is 2. The second-order valence-electron chi connectivity index (χ2n) is 8.00. The van der Waals surface area contributed by atoms with Gasteiger partial charge in [0.15, 0.2) is 5.60 Å². The second kappa shape index (κ2) is 6.89. The molecule has 0 spiro atoms. The number of phenols is 1. The van der Waals surface area contributed by atoms with Crippen LogP contribution in [0.2, 0.25) is 0 Å². The van der Waals surface area contributed by atoms with Crippen molar-refractivity contribution in [1.82, 2.24) is 9.55 Å². The molecule has 9 heteroatoms. The molecule has 5 rings (SSSR count). The normalized spacial score (nSPS) is 18.7. The Morgan fingerprint density at radius 2 is 2.06 bits per heavy atom. The highest BCUT2D eigenvalue weighted by Gasteiger charge is 2.45. The Morgan fingerprint density at radius 3 is 2.78 bits per heavy atom. The Labute approximate surface area is 181 Å². The topological polar surface area (TPSA) is 128 Å². The number of ether oxygens (including phenoxy) is 2. The zero-order chi connectivity index (χ0) is 22.8. The molecular formula is C23H20N2O7. The van der Waals surface area contributed by atoms with Gasteiger partial charge in [0.2, 0.25) is 0 Å². The van der Waals surface area contributed by atoms with Crippen LogP contribution in [0.15, 0.2) is 29.1 Å². The molecule has 2 aromatic heterocycles. The van der Waals surface area contributed by atoms with E-state index in [9.17, 15) is 24.6 Å². The lowest BCUT2D eigenvalue weighted by molar-refractivity contribution is -0.172. The molecule has 0 bridgehead atoms. The summed E-state index contributed by atoms with van der Waals surface area (Å²) in [5, 5.41) is 21.6. The molecule has 2 N–H and O–H groups in total. The molecule has 0 radical (unpaired) electrons. The van der Waals surface area contributed by atoms with Crippen molar-refractivity contribution < 1.29 is 29.3 Å². The Hall–Kier alpha value is -3.72. The van der Waals surface area contributed by atoms with E-state index in [0.29, 0.717) is 33.4 Å². The molecule has 0 aliphatic carbocycles. The number of rotatable bonds is 3. The summed E-state index contributed by atoms with van der Waals surface area (Å²) < 4.78 is 11.9. The molecule has 3 aromatic rings. The maximum absolute atomic E-state index is 13.3. The third-order valence-corrected chi connectivity index (χ3v) is 6.21. The molecule has 2 aliphatic heterocycles. The van der Waals surface area contributed by atoms with Gasteiger partial charge in [0.25, 0.3) is 5.56 Å². The van der Waals surface area contributed by atoms with Crippen molar-refractivity contribution in [3.05, 3.63) is 56.9 Å². The van der Waals surface area contributed by atoms with Crippen molar-refractivity contribution in [2.24, 2.45) is 0 Å². The molecular weight excluding hydrogens is 416 g/mol. The van der Waals surface area contributed by atoms with Gasteiger partial charge < -0.3 is 24.3 Å². The molecule has 0 unspecified atom stereocenters. The number of pyridine rings is 2. The summed E-state index contributed by atoms with van der Waals surface area (Å²) in [6, 6.07) is 6.31. The number of phenolic OH excluding ortho intramolecular Hbond substituents is 1. The summed E-state index contributed by atoms with van der Waals surface area (Å²) in [4.78, 5) is 41.8. The average molecular weight is 436 g/mol. The minimum Gasteiger partial charge on any atom is -0.508 e. The molecule has 32 heavy (non-hydrogen) atoms. The highest BCUT2D eigenvalue weighted by Crippen LogP contribution is 2.40. The van der Waals surface area contributed by atoms with Crippen LogP contribution < -0.4 is 5.56 Å². The van der Waals surface area contributed by atoms with Gasteiger partial charge in [-0.3, -0.25) is 9.59 Å². The van der Waals surface area contributed by atoms with Crippen LogP contribution in [0.1, 0.15) is 42.5 Å². The molecule has 2 aliphatic rings. The molecule has 0 fully saturated rings. The van der Waals surface area contributed by atoms with Crippen LogP contribution in [0.3, 0.4) is 0 Å². The Kier molecular flexibility index (Phi) is 4.35. The zero-order valence-electron chi connectivity index (χ0n) is 17.5. The van der Waals surface area contributed by atoms with Crippen molar-refractivity contribution >= 4 is 22.8 Å². The first-order valence-electron chi connectivity index (χ1n) is 10.2. The van der Waals surface area contributed by atoms with E-state index in [0.717, 1.165) is 0 Å². The number of cyclic esters (lactones) is 1. The van der Waals surface area contributed by atoms with E-state index in [1.165, 1.54) is 17.6 Å². The highest BCUT2D eigenvalue weighted by molar-refractivity contribution is 5.90. The SMILES string of the molecule is CC[C@@]1(O)C(=O)OCc2c1cc1n(c2=O)Cc2c-1nc1ccc(O)cc1c2COC(C)=O. The van der Waals surface area contributed by atoms with Crippen molar-refractivity contribution in [2.75, 3.05) is 0 Å². The fourth-order valence-corrected chi connectivity index (χ4v) is 4.49. The van der Waals surface area contributed by atoms with Gasteiger partial charge in [-0.25, -0.2) is 9.78 Å². The summed E-state index contributed by atoms with van der Waals surface area (Å²) in [6.07, 6.45) is 0.0523. The minimum atomic E-state index is -1.91. The number of hydrogen-bond donors (Lipinski definition) is 2. The van der Waals surface area contributed by atoms with E-state index in [4.69, 9.17) is 14.5 Å². The van der Waals surface area contributed by atoms with Gasteiger partial charge in [-0.05, 0) is 30.7 Å². The Bertz CT molecular complexity index is 1390. The first kappa shape index (κ1) is 20.2. The molecule has 0 saturated heterocycles. The van der Waals surface area contributed by atoms with Gasteiger partial charge in [0, 0.05) is 29.0 Å². The van der Waals surface area contributed by atoms with Crippen molar-refractivity contribution in [1.29, 1.82) is 0 Å². The van der Waals surface area contributed by atoms with Crippen LogP contribution in [0.4, 0.5) is 0 Å². The molecule has 1 aromatic carbocycles. The monoisotopic (exact) mass is 436 g/mol. The first-order valence-corrected chi connectivity index (χ1v) is 10.2. The summed E-state index contributed by atoms with van der Waals surface area (Å²) >= 11 is 0. The van der Waals surface area contributed by atoms with Gasteiger partial charge in [-0.1, -0.05) is 6.92 Å². The average Bonchev–Trinajstić information content (AvgIpc) is 3.13. The van der Waals surface area contributed by atoms with Crippen molar-refractivity contribution in [3.63, 3.8) is 0 Å². The number of aromatic nitrogens is 2. The number of fused-ring (bicyclic) bond motifs is 5. The number of aromatic hydroxyl groups is 1. The van der Waals surface area contributed by atoms with E-state index < -0.39 is 17.5 Å². The molecule has 0 amide bonds. The van der Waals surface area contributed by atoms with Crippen molar-refractivity contribution in [3.8, 4) is 17.1 Å². The van der Waals surface area contributed by atoms with Gasteiger partial charge in [-0.2, -0.15) is 0 Å². The number of esters is 2. The molecule has 1 atom stereocenters. The van der Waals surface area contributed by atoms with Gasteiger partial charge in [0.1, 0.15) is 19.0 Å². The summed E-state index contributed by atoms with van der Waals surface area (Å²) in [5.41, 5.74) is 1.00. The third kappa shape index (κ3) is 2.74. The van der Waals surface area contributed by atoms with Gasteiger partial charge in [-0.15, -0.1) is 0 Å². The third-order valence-electron chi connectivity index (χ3n) is 6.21. The molecule has 4 heterocycles. The molecule has 0 saturated carbocycles. The number of hydrogen-bond acceptors (Lipinski definition) is 8. The molecule has 164 valence electrons. The van der Waals surface area contributed by atoms with Crippen molar-refractivity contribution in [2.45, 2.75) is 45.6 Å². The zero-order valence-corrected chi connectivity index (χ0v) is 17.5. The van der Waals surface area contributed by atoms with Crippen LogP contribution in [-0.4, -0.2) is 31.7 Å². The molecule has 9 nitrogen and oxygen atoms in total. The standard InChI is InChI=1S/C23H20N2O7/c1-3-23(30)17-7-19-20-14(8-25(19)21(28)16(17)10-32-22(23)29)15(9-31-11(2)26)13-6-12(27)4-5-18(13)24-20/h4-7,27,30H,3,8-10H2,1-2H3/t23-/m0/s1. The van der Waals surface area contributed by atoms with Crippen LogP contribution in [0.5, 0.6) is 5.75 Å². The quantitative estimate of drug-likeness (QED) is 0.466. The maximum Gasteiger partial charge on any atom is 0.343 e. The number of nitrogens with zero attached hydrogens (tertiary/aromatic N) is 2. The highest BCUT2D eigenvalue weighted by atomic mass is 16.6. The van der Waals surface area contributed by atoms with E-state index in [-0.39, 0.29) is 48.6 Å². The smallest absolute Gasteiger partial charge is 0.343 e. The van der Waals surface area contributed by atoms with E-state index >= 15 is 0 Å².